The van der Waals surface area contributed by atoms with Gasteiger partial charge in [0.25, 0.3) is 0 Å². The lowest BCUT2D eigenvalue weighted by molar-refractivity contribution is -0.179. The molecular formula is C22H37NO3Si. The van der Waals surface area contributed by atoms with Crippen LogP contribution >= 0.6 is 0 Å². The maximum Gasteiger partial charge on any atom is 0.220 e. The maximum atomic E-state index is 6.79. The van der Waals surface area contributed by atoms with E-state index in [4.69, 9.17) is 14.0 Å². The van der Waals surface area contributed by atoms with Gasteiger partial charge in [0, 0.05) is 6.54 Å². The molecule has 0 aliphatic carbocycles. The van der Waals surface area contributed by atoms with E-state index in [1.165, 1.54) is 5.56 Å². The molecule has 1 aliphatic heterocycles. The van der Waals surface area contributed by atoms with Crippen molar-refractivity contribution < 1.29 is 14.0 Å². The number of hydrogen-bond acceptors (Lipinski definition) is 4. The summed E-state index contributed by atoms with van der Waals surface area (Å²) in [5.41, 5.74) is 1.23. The minimum Gasteiger partial charge on any atom is -0.348 e. The molecule has 0 radical (unpaired) electrons. The van der Waals surface area contributed by atoms with E-state index in [0.29, 0.717) is 13.2 Å². The monoisotopic (exact) mass is 391 g/mol. The number of benzene rings is 1. The lowest BCUT2D eigenvalue weighted by Crippen LogP contribution is -2.53. The van der Waals surface area contributed by atoms with E-state index in [9.17, 15) is 0 Å². The summed E-state index contributed by atoms with van der Waals surface area (Å²) in [6.45, 7) is 20.6. The van der Waals surface area contributed by atoms with Crippen LogP contribution < -0.4 is 0 Å². The van der Waals surface area contributed by atoms with Crippen molar-refractivity contribution in [2.24, 2.45) is 0 Å². The fourth-order valence-corrected chi connectivity index (χ4v) is 4.00. The highest BCUT2D eigenvalue weighted by Gasteiger charge is 2.44. The average molecular weight is 392 g/mol. The summed E-state index contributed by atoms with van der Waals surface area (Å²) in [5.74, 6) is -0.556. The van der Waals surface area contributed by atoms with Crippen LogP contribution in [-0.2, 0) is 20.5 Å². The first-order valence-corrected chi connectivity index (χ1v) is 12.8. The predicted octanol–water partition coefficient (Wildman–Crippen LogP) is 5.52. The van der Waals surface area contributed by atoms with E-state index in [2.05, 4.69) is 69.8 Å². The number of ether oxygens (including phenoxy) is 2. The van der Waals surface area contributed by atoms with E-state index in [-0.39, 0.29) is 17.2 Å². The molecule has 1 saturated heterocycles. The number of hydrogen-bond donors (Lipinski definition) is 0. The molecule has 0 N–H and O–H groups in total. The van der Waals surface area contributed by atoms with Gasteiger partial charge < -0.3 is 14.0 Å². The second-order valence-electron chi connectivity index (χ2n) is 9.37. The molecule has 1 aromatic carbocycles. The van der Waals surface area contributed by atoms with E-state index >= 15 is 0 Å². The Hall–Kier alpha value is -0.983. The van der Waals surface area contributed by atoms with Crippen LogP contribution in [0.15, 0.2) is 43.0 Å². The largest absolute Gasteiger partial charge is 0.348 e. The molecular weight excluding hydrogens is 354 g/mol. The summed E-state index contributed by atoms with van der Waals surface area (Å²) < 4.78 is 18.8. The quantitative estimate of drug-likeness (QED) is 0.331. The average Bonchev–Trinajstić information content (AvgIpc) is 2.91. The summed E-state index contributed by atoms with van der Waals surface area (Å²) in [6, 6.07) is 10.5. The van der Waals surface area contributed by atoms with Crippen LogP contribution in [-0.4, -0.2) is 37.9 Å². The van der Waals surface area contributed by atoms with Gasteiger partial charge in [0.15, 0.2) is 5.79 Å². The van der Waals surface area contributed by atoms with Crippen molar-refractivity contribution in [1.82, 2.24) is 5.06 Å². The van der Waals surface area contributed by atoms with E-state index < -0.39 is 14.1 Å². The van der Waals surface area contributed by atoms with Gasteiger partial charge in [0.2, 0.25) is 8.32 Å². The first kappa shape index (κ1) is 22.3. The smallest absolute Gasteiger partial charge is 0.220 e. The van der Waals surface area contributed by atoms with Crippen LogP contribution in [0.4, 0.5) is 0 Å². The molecule has 0 bridgehead atoms. The molecule has 0 spiro atoms. The molecule has 1 heterocycles. The summed E-state index contributed by atoms with van der Waals surface area (Å²) in [6.07, 6.45) is 2.68. The van der Waals surface area contributed by atoms with Crippen molar-refractivity contribution in [1.29, 1.82) is 0 Å². The standard InChI is InChI=1S/C22H37NO3Si/c1-9-13-19(20-17-24-22(5,6)25-20)23(16-18-14-11-10-12-15-18)26-27(7,8)21(2,3)4/h9-12,14-15,19-20H,1,13,16-17H2,2-8H3/t19-,20-/m1/s1. The zero-order chi connectivity index (χ0) is 20.3. The third-order valence-electron chi connectivity index (χ3n) is 5.57. The van der Waals surface area contributed by atoms with Gasteiger partial charge in [-0.05, 0) is 44.0 Å². The lowest BCUT2D eigenvalue weighted by atomic mass is 10.1. The van der Waals surface area contributed by atoms with Crippen LogP contribution in [0.25, 0.3) is 0 Å². The van der Waals surface area contributed by atoms with Gasteiger partial charge in [-0.2, -0.15) is 5.06 Å². The fourth-order valence-electron chi connectivity index (χ4n) is 2.94. The van der Waals surface area contributed by atoms with Crippen LogP contribution in [0.1, 0.15) is 46.6 Å². The SMILES string of the molecule is C=CC[C@H]([C@H]1COC(C)(C)O1)N(Cc1ccccc1)O[Si](C)(C)C(C)(C)C. The summed E-state index contributed by atoms with van der Waals surface area (Å²) in [7, 11) is -2.01. The Balaban J connectivity index is 2.31. The Labute approximate surface area is 166 Å². The van der Waals surface area contributed by atoms with Gasteiger partial charge in [-0.3, -0.25) is 0 Å². The Kier molecular flexibility index (Phi) is 7.09. The van der Waals surface area contributed by atoms with E-state index in [1.807, 2.05) is 26.0 Å². The highest BCUT2D eigenvalue weighted by molar-refractivity contribution is 6.74. The van der Waals surface area contributed by atoms with Crippen LogP contribution in [0.3, 0.4) is 0 Å². The lowest BCUT2D eigenvalue weighted by Gasteiger charge is -2.43. The van der Waals surface area contributed by atoms with Gasteiger partial charge >= 0.3 is 0 Å². The highest BCUT2D eigenvalue weighted by atomic mass is 28.4. The van der Waals surface area contributed by atoms with Gasteiger partial charge in [-0.25, -0.2) is 0 Å². The Bertz CT molecular complexity index is 610. The predicted molar refractivity (Wildman–Crippen MR) is 114 cm³/mol. The zero-order valence-electron chi connectivity index (χ0n) is 18.1. The van der Waals surface area contributed by atoms with Crippen LogP contribution in [0.2, 0.25) is 18.1 Å². The first-order chi connectivity index (χ1) is 12.5. The molecule has 0 unspecified atom stereocenters. The molecule has 27 heavy (non-hydrogen) atoms. The van der Waals surface area contributed by atoms with Crippen molar-refractivity contribution in [3.05, 3.63) is 48.6 Å². The zero-order valence-corrected chi connectivity index (χ0v) is 19.1. The number of rotatable bonds is 8. The van der Waals surface area contributed by atoms with Crippen molar-refractivity contribution in [3.63, 3.8) is 0 Å². The minimum atomic E-state index is -2.01. The van der Waals surface area contributed by atoms with Gasteiger partial charge in [0.1, 0.15) is 6.10 Å². The topological polar surface area (TPSA) is 30.9 Å². The minimum absolute atomic E-state index is 0.0496. The molecule has 2 atom stereocenters. The number of nitrogens with zero attached hydrogens (tertiary/aromatic N) is 1. The van der Waals surface area contributed by atoms with Gasteiger partial charge in [0.05, 0.1) is 12.6 Å². The molecule has 1 aromatic rings. The highest BCUT2D eigenvalue weighted by Crippen LogP contribution is 2.39. The van der Waals surface area contributed by atoms with Crippen molar-refractivity contribution in [3.8, 4) is 0 Å². The van der Waals surface area contributed by atoms with Crippen molar-refractivity contribution in [2.45, 2.75) is 83.6 Å². The molecule has 5 heteroatoms. The van der Waals surface area contributed by atoms with E-state index in [1.54, 1.807) is 0 Å². The van der Waals surface area contributed by atoms with Gasteiger partial charge in [-0.15, -0.1) is 6.58 Å². The van der Waals surface area contributed by atoms with E-state index in [0.717, 1.165) is 6.42 Å². The molecule has 4 nitrogen and oxygen atoms in total. The van der Waals surface area contributed by atoms with Gasteiger partial charge in [-0.1, -0.05) is 57.2 Å². The van der Waals surface area contributed by atoms with Crippen molar-refractivity contribution >= 4 is 8.32 Å². The number of hydroxylamine groups is 2. The first-order valence-electron chi connectivity index (χ1n) is 9.87. The second kappa shape index (κ2) is 8.58. The summed E-state index contributed by atoms with van der Waals surface area (Å²) >= 11 is 0. The molecule has 1 aliphatic rings. The summed E-state index contributed by atoms with van der Waals surface area (Å²) in [4.78, 5) is 0. The molecule has 0 saturated carbocycles. The summed E-state index contributed by atoms with van der Waals surface area (Å²) in [5, 5.41) is 2.26. The Morgan fingerprint density at radius 1 is 1.30 bits per heavy atom. The molecule has 0 aromatic heterocycles. The Morgan fingerprint density at radius 3 is 2.41 bits per heavy atom. The third kappa shape index (κ3) is 6.00. The maximum absolute atomic E-state index is 6.79. The van der Waals surface area contributed by atoms with Crippen molar-refractivity contribution in [2.75, 3.05) is 6.61 Å². The third-order valence-corrected chi connectivity index (χ3v) is 9.87. The normalized spacial score (nSPS) is 21.4. The molecule has 1 fully saturated rings. The fraction of sp³-hybridized carbons (Fsp3) is 0.636. The molecule has 2 rings (SSSR count). The molecule has 152 valence electrons. The van der Waals surface area contributed by atoms with Crippen LogP contribution in [0.5, 0.6) is 0 Å². The second-order valence-corrected chi connectivity index (χ2v) is 14.1. The van der Waals surface area contributed by atoms with Crippen LogP contribution in [0, 0.1) is 0 Å². The molecule has 0 amide bonds. The Morgan fingerprint density at radius 2 is 1.93 bits per heavy atom.